The summed E-state index contributed by atoms with van der Waals surface area (Å²) >= 11 is 0. The number of phenols is 1. The molecule has 8 heteroatoms. The molecule has 1 saturated heterocycles. The summed E-state index contributed by atoms with van der Waals surface area (Å²) in [7, 11) is 0. The van der Waals surface area contributed by atoms with Gasteiger partial charge in [0.25, 0.3) is 0 Å². The predicted molar refractivity (Wildman–Crippen MR) is 77.3 cm³/mol. The van der Waals surface area contributed by atoms with Crippen LogP contribution in [-0.2, 0) is 25.7 Å². The Morgan fingerprint density at radius 2 is 1.87 bits per heavy atom. The van der Waals surface area contributed by atoms with E-state index in [1.807, 2.05) is 0 Å². The SMILES string of the molecule is O=C(O)CNC(=O)C1C(=O)CCN(Cc2ccc(O)cc2)C1=O. The van der Waals surface area contributed by atoms with Crippen molar-refractivity contribution in [2.45, 2.75) is 13.0 Å². The second-order valence-electron chi connectivity index (χ2n) is 5.19. The lowest BCUT2D eigenvalue weighted by molar-refractivity contribution is -0.152. The lowest BCUT2D eigenvalue weighted by atomic mass is 9.94. The van der Waals surface area contributed by atoms with Crippen LogP contribution in [0.15, 0.2) is 24.3 Å². The molecular formula is C15H16N2O6. The van der Waals surface area contributed by atoms with E-state index >= 15 is 0 Å². The number of rotatable bonds is 5. The number of carboxylic acids is 1. The van der Waals surface area contributed by atoms with Crippen molar-refractivity contribution in [1.82, 2.24) is 10.2 Å². The molecule has 1 aliphatic rings. The lowest BCUT2D eigenvalue weighted by Gasteiger charge is -2.30. The predicted octanol–water partition coefficient (Wildman–Crippen LogP) is -0.489. The maximum atomic E-state index is 12.3. The van der Waals surface area contributed by atoms with Crippen molar-refractivity contribution in [2.24, 2.45) is 5.92 Å². The van der Waals surface area contributed by atoms with Crippen LogP contribution in [0.3, 0.4) is 0 Å². The maximum absolute atomic E-state index is 12.3. The molecule has 3 N–H and O–H groups in total. The molecule has 0 aliphatic carbocycles. The quantitative estimate of drug-likeness (QED) is 0.629. The summed E-state index contributed by atoms with van der Waals surface area (Å²) in [6.45, 7) is -0.246. The first-order valence-corrected chi connectivity index (χ1v) is 6.97. The van der Waals surface area contributed by atoms with Gasteiger partial charge in [-0.25, -0.2) is 0 Å². The lowest BCUT2D eigenvalue weighted by Crippen LogP contribution is -2.52. The molecule has 23 heavy (non-hydrogen) atoms. The number of nitrogens with zero attached hydrogens (tertiary/aromatic N) is 1. The molecule has 1 aromatic rings. The van der Waals surface area contributed by atoms with Crippen LogP contribution in [0.1, 0.15) is 12.0 Å². The topological polar surface area (TPSA) is 124 Å². The Kier molecular flexibility index (Phi) is 4.95. The fourth-order valence-corrected chi connectivity index (χ4v) is 2.32. The number of nitrogens with one attached hydrogen (secondary N) is 1. The number of aliphatic carboxylic acids is 1. The van der Waals surface area contributed by atoms with E-state index in [1.54, 1.807) is 12.1 Å². The average Bonchev–Trinajstić information content (AvgIpc) is 2.50. The monoisotopic (exact) mass is 320 g/mol. The van der Waals surface area contributed by atoms with Gasteiger partial charge in [0.15, 0.2) is 11.7 Å². The number of carbonyl (C=O) groups is 4. The largest absolute Gasteiger partial charge is 0.508 e. The summed E-state index contributed by atoms with van der Waals surface area (Å²) in [6.07, 6.45) is 0.0367. The number of hydrogen-bond acceptors (Lipinski definition) is 5. The Morgan fingerprint density at radius 3 is 2.48 bits per heavy atom. The Labute approximate surface area is 131 Å². The zero-order valence-electron chi connectivity index (χ0n) is 12.2. The zero-order chi connectivity index (χ0) is 17.0. The first kappa shape index (κ1) is 16.5. The standard InChI is InChI=1S/C15H16N2O6/c18-10-3-1-9(2-4-10)8-17-6-5-11(19)13(15(17)23)14(22)16-7-12(20)21/h1-4,13,18H,5-8H2,(H,16,22)(H,20,21). The molecule has 0 spiro atoms. The molecule has 0 bridgehead atoms. The first-order valence-electron chi connectivity index (χ1n) is 6.97. The van der Waals surface area contributed by atoms with Gasteiger partial charge in [-0.15, -0.1) is 0 Å². The summed E-state index contributed by atoms with van der Waals surface area (Å²) in [4.78, 5) is 47.9. The Morgan fingerprint density at radius 1 is 1.22 bits per heavy atom. The molecule has 2 amide bonds. The minimum atomic E-state index is -1.50. The van der Waals surface area contributed by atoms with Crippen molar-refractivity contribution >= 4 is 23.6 Å². The van der Waals surface area contributed by atoms with E-state index in [1.165, 1.54) is 17.0 Å². The summed E-state index contributed by atoms with van der Waals surface area (Å²) in [6, 6.07) is 6.23. The van der Waals surface area contributed by atoms with E-state index in [0.29, 0.717) is 0 Å². The summed E-state index contributed by atoms with van der Waals surface area (Å²) in [5.74, 6) is -4.70. The minimum absolute atomic E-state index is 0.0367. The van der Waals surface area contributed by atoms with Gasteiger partial charge >= 0.3 is 5.97 Å². The number of hydrogen-bond donors (Lipinski definition) is 3. The molecule has 0 aromatic heterocycles. The Hall–Kier alpha value is -2.90. The van der Waals surface area contributed by atoms with Gasteiger partial charge in [-0.05, 0) is 17.7 Å². The molecule has 1 fully saturated rings. The number of ketones is 1. The van der Waals surface area contributed by atoms with Crippen LogP contribution in [0, 0.1) is 5.92 Å². The second kappa shape index (κ2) is 6.91. The van der Waals surface area contributed by atoms with Crippen molar-refractivity contribution in [3.05, 3.63) is 29.8 Å². The summed E-state index contributed by atoms with van der Waals surface area (Å²) in [5, 5.41) is 19.9. The molecule has 1 aliphatic heterocycles. The number of phenolic OH excluding ortho intramolecular Hbond substituents is 1. The van der Waals surface area contributed by atoms with Crippen LogP contribution in [0.5, 0.6) is 5.75 Å². The van der Waals surface area contributed by atoms with Crippen LogP contribution in [0.2, 0.25) is 0 Å². The molecule has 1 unspecified atom stereocenters. The van der Waals surface area contributed by atoms with Crippen LogP contribution in [-0.4, -0.2) is 51.8 Å². The van der Waals surface area contributed by atoms with Gasteiger partial charge in [0, 0.05) is 19.5 Å². The van der Waals surface area contributed by atoms with Gasteiger partial charge in [0.05, 0.1) is 0 Å². The van der Waals surface area contributed by atoms with E-state index in [2.05, 4.69) is 5.32 Å². The normalized spacial score (nSPS) is 17.9. The number of carboxylic acid groups (broad SMARTS) is 1. The summed E-state index contributed by atoms with van der Waals surface area (Å²) < 4.78 is 0. The molecule has 2 rings (SSSR count). The number of likely N-dealkylation sites (tertiary alicyclic amines) is 1. The molecule has 122 valence electrons. The molecule has 1 heterocycles. The first-order chi connectivity index (χ1) is 10.9. The molecule has 0 saturated carbocycles. The molecule has 8 nitrogen and oxygen atoms in total. The number of amides is 2. The van der Waals surface area contributed by atoms with E-state index in [0.717, 1.165) is 5.56 Å². The van der Waals surface area contributed by atoms with E-state index in [4.69, 9.17) is 5.11 Å². The van der Waals surface area contributed by atoms with Gasteiger partial charge < -0.3 is 20.4 Å². The number of Topliss-reactive ketones (excluding diaryl/α,β-unsaturated/α-hetero) is 1. The second-order valence-corrected chi connectivity index (χ2v) is 5.19. The minimum Gasteiger partial charge on any atom is -0.508 e. The van der Waals surface area contributed by atoms with Gasteiger partial charge in [-0.2, -0.15) is 0 Å². The van der Waals surface area contributed by atoms with Crippen LogP contribution in [0.25, 0.3) is 0 Å². The number of benzene rings is 1. The highest BCUT2D eigenvalue weighted by Crippen LogP contribution is 2.19. The Balaban J connectivity index is 2.07. The highest BCUT2D eigenvalue weighted by molar-refractivity contribution is 6.19. The third-order valence-electron chi connectivity index (χ3n) is 3.49. The highest BCUT2D eigenvalue weighted by Gasteiger charge is 2.40. The van der Waals surface area contributed by atoms with Crippen molar-refractivity contribution in [2.75, 3.05) is 13.1 Å². The Bertz CT molecular complexity index is 640. The molecule has 1 atom stereocenters. The molecule has 0 radical (unpaired) electrons. The van der Waals surface area contributed by atoms with E-state index in [-0.39, 0.29) is 25.3 Å². The van der Waals surface area contributed by atoms with Crippen LogP contribution < -0.4 is 5.32 Å². The van der Waals surface area contributed by atoms with E-state index in [9.17, 15) is 24.3 Å². The fraction of sp³-hybridized carbons (Fsp3) is 0.333. The number of aromatic hydroxyl groups is 1. The van der Waals surface area contributed by atoms with Crippen molar-refractivity contribution < 1.29 is 29.4 Å². The van der Waals surface area contributed by atoms with Gasteiger partial charge in [0.2, 0.25) is 11.8 Å². The highest BCUT2D eigenvalue weighted by atomic mass is 16.4. The van der Waals surface area contributed by atoms with Gasteiger partial charge in [0.1, 0.15) is 12.3 Å². The van der Waals surface area contributed by atoms with E-state index < -0.39 is 36.0 Å². The molecular weight excluding hydrogens is 304 g/mol. The summed E-state index contributed by atoms with van der Waals surface area (Å²) in [5.41, 5.74) is 0.746. The van der Waals surface area contributed by atoms with Gasteiger partial charge in [-0.3, -0.25) is 19.2 Å². The number of piperidine rings is 1. The maximum Gasteiger partial charge on any atom is 0.322 e. The third-order valence-corrected chi connectivity index (χ3v) is 3.49. The molecule has 1 aromatic carbocycles. The third kappa shape index (κ3) is 4.06. The van der Waals surface area contributed by atoms with Crippen molar-refractivity contribution in [1.29, 1.82) is 0 Å². The number of carbonyl (C=O) groups excluding carboxylic acids is 3. The smallest absolute Gasteiger partial charge is 0.322 e. The average molecular weight is 320 g/mol. The zero-order valence-corrected chi connectivity index (χ0v) is 12.2. The van der Waals surface area contributed by atoms with Crippen LogP contribution >= 0.6 is 0 Å². The van der Waals surface area contributed by atoms with Crippen molar-refractivity contribution in [3.63, 3.8) is 0 Å². The van der Waals surface area contributed by atoms with Crippen LogP contribution in [0.4, 0.5) is 0 Å². The fourth-order valence-electron chi connectivity index (χ4n) is 2.32. The van der Waals surface area contributed by atoms with Gasteiger partial charge in [-0.1, -0.05) is 12.1 Å². The van der Waals surface area contributed by atoms with Crippen molar-refractivity contribution in [3.8, 4) is 5.75 Å².